The molecule has 1 aromatic rings. The highest BCUT2D eigenvalue weighted by atomic mass is 19.2. The van der Waals surface area contributed by atoms with Gasteiger partial charge in [-0.15, -0.1) is 0 Å². The number of carbonyl (C=O) groups is 1. The largest absolute Gasteiger partial charge is 0.335 e. The maximum absolute atomic E-state index is 13.3. The molecule has 114 valence electrons. The fourth-order valence-corrected chi connectivity index (χ4v) is 2.34. The molecule has 1 fully saturated rings. The molecule has 0 aromatic heterocycles. The van der Waals surface area contributed by atoms with E-state index in [4.69, 9.17) is 0 Å². The third-order valence-electron chi connectivity index (χ3n) is 3.32. The molecule has 0 spiro atoms. The van der Waals surface area contributed by atoms with Gasteiger partial charge < -0.3 is 10.2 Å². The summed E-state index contributed by atoms with van der Waals surface area (Å²) in [6.45, 7) is 4.95. The standard InChI is InChI=1S/C13H15F2N3O3/c1-13(2)7-17(4-3-16-13)12(19)8-5-9(14)10(15)6-11(8)18(20)21/h5-6,16H,3-4,7H2,1-2H3. The molecule has 8 heteroatoms. The van der Waals surface area contributed by atoms with E-state index in [9.17, 15) is 23.7 Å². The number of nitro groups is 1. The van der Waals surface area contributed by atoms with Crippen LogP contribution in [0.2, 0.25) is 0 Å². The highest BCUT2D eigenvalue weighted by Gasteiger charge is 2.33. The number of hydrogen-bond acceptors (Lipinski definition) is 4. The van der Waals surface area contributed by atoms with Gasteiger partial charge in [-0.2, -0.15) is 0 Å². The molecule has 0 radical (unpaired) electrons. The Bertz CT molecular complexity index is 605. The SMILES string of the molecule is CC1(C)CN(C(=O)c2cc(F)c(F)cc2[N+](=O)[O-])CCN1. The molecule has 1 aliphatic rings. The number of hydrogen-bond donors (Lipinski definition) is 1. The number of piperazine rings is 1. The number of amides is 1. The van der Waals surface area contributed by atoms with Crippen LogP contribution in [0, 0.1) is 21.7 Å². The van der Waals surface area contributed by atoms with Gasteiger partial charge in [0, 0.05) is 25.2 Å². The average Bonchev–Trinajstić information content (AvgIpc) is 2.39. The molecule has 1 amide bonds. The van der Waals surface area contributed by atoms with Crippen molar-refractivity contribution in [1.29, 1.82) is 0 Å². The van der Waals surface area contributed by atoms with Crippen molar-refractivity contribution >= 4 is 11.6 Å². The highest BCUT2D eigenvalue weighted by Crippen LogP contribution is 2.25. The molecular weight excluding hydrogens is 284 g/mol. The first-order valence-corrected chi connectivity index (χ1v) is 6.39. The monoisotopic (exact) mass is 299 g/mol. The maximum Gasteiger partial charge on any atom is 0.285 e. The summed E-state index contributed by atoms with van der Waals surface area (Å²) in [7, 11) is 0. The summed E-state index contributed by atoms with van der Waals surface area (Å²) in [6, 6.07) is 1.03. The topological polar surface area (TPSA) is 75.5 Å². The van der Waals surface area contributed by atoms with Crippen LogP contribution in [0.4, 0.5) is 14.5 Å². The Balaban J connectivity index is 2.39. The van der Waals surface area contributed by atoms with Gasteiger partial charge >= 0.3 is 0 Å². The lowest BCUT2D eigenvalue weighted by molar-refractivity contribution is -0.385. The predicted molar refractivity (Wildman–Crippen MR) is 71.0 cm³/mol. The zero-order chi connectivity index (χ0) is 15.8. The van der Waals surface area contributed by atoms with Crippen molar-refractivity contribution in [1.82, 2.24) is 10.2 Å². The number of carbonyl (C=O) groups excluding carboxylic acids is 1. The van der Waals surface area contributed by atoms with Crippen LogP contribution in [-0.4, -0.2) is 40.9 Å². The lowest BCUT2D eigenvalue weighted by atomic mass is 10.0. The number of nitrogens with one attached hydrogen (secondary N) is 1. The van der Waals surface area contributed by atoms with Gasteiger partial charge in [0.25, 0.3) is 11.6 Å². The molecule has 0 unspecified atom stereocenters. The van der Waals surface area contributed by atoms with Gasteiger partial charge in [0.15, 0.2) is 11.6 Å². The van der Waals surface area contributed by atoms with Crippen LogP contribution in [0.1, 0.15) is 24.2 Å². The summed E-state index contributed by atoms with van der Waals surface area (Å²) in [5.41, 5.74) is -1.51. The maximum atomic E-state index is 13.3. The van der Waals surface area contributed by atoms with Crippen LogP contribution in [0.15, 0.2) is 12.1 Å². The van der Waals surface area contributed by atoms with E-state index >= 15 is 0 Å². The van der Waals surface area contributed by atoms with E-state index in [1.807, 2.05) is 13.8 Å². The third kappa shape index (κ3) is 3.15. The molecule has 6 nitrogen and oxygen atoms in total. The third-order valence-corrected chi connectivity index (χ3v) is 3.32. The van der Waals surface area contributed by atoms with Gasteiger partial charge in [-0.25, -0.2) is 8.78 Å². The first kappa shape index (κ1) is 15.3. The molecule has 1 aromatic carbocycles. The molecule has 2 rings (SSSR count). The number of rotatable bonds is 2. The van der Waals surface area contributed by atoms with Gasteiger partial charge in [-0.3, -0.25) is 14.9 Å². The second kappa shape index (κ2) is 5.36. The lowest BCUT2D eigenvalue weighted by Crippen LogP contribution is -2.58. The molecule has 1 heterocycles. The Hall–Kier alpha value is -2.09. The van der Waals surface area contributed by atoms with Gasteiger partial charge in [0.05, 0.1) is 11.0 Å². The van der Waals surface area contributed by atoms with Crippen molar-refractivity contribution in [2.24, 2.45) is 0 Å². The van der Waals surface area contributed by atoms with Gasteiger partial charge in [-0.1, -0.05) is 0 Å². The number of halogens is 2. The van der Waals surface area contributed by atoms with Crippen molar-refractivity contribution < 1.29 is 18.5 Å². The van der Waals surface area contributed by atoms with Crippen LogP contribution in [0.5, 0.6) is 0 Å². The predicted octanol–water partition coefficient (Wildman–Crippen LogP) is 1.70. The summed E-state index contributed by atoms with van der Waals surface area (Å²) in [5, 5.41) is 14.1. The Morgan fingerprint density at radius 3 is 2.57 bits per heavy atom. The summed E-state index contributed by atoms with van der Waals surface area (Å²) >= 11 is 0. The van der Waals surface area contributed by atoms with Crippen LogP contribution in [-0.2, 0) is 0 Å². The molecule has 21 heavy (non-hydrogen) atoms. The molecule has 0 saturated carbocycles. The number of nitrogens with zero attached hydrogens (tertiary/aromatic N) is 2. The van der Waals surface area contributed by atoms with Gasteiger partial charge in [0.2, 0.25) is 0 Å². The normalized spacial score (nSPS) is 17.6. The van der Waals surface area contributed by atoms with Crippen LogP contribution in [0.3, 0.4) is 0 Å². The van der Waals surface area contributed by atoms with Crippen molar-refractivity contribution in [2.75, 3.05) is 19.6 Å². The summed E-state index contributed by atoms with van der Waals surface area (Å²) in [4.78, 5) is 23.8. The zero-order valence-corrected chi connectivity index (χ0v) is 11.7. The summed E-state index contributed by atoms with van der Waals surface area (Å²) in [5.74, 6) is -3.30. The molecule has 0 aliphatic carbocycles. The number of nitro benzene ring substituents is 1. The lowest BCUT2D eigenvalue weighted by Gasteiger charge is -2.39. The molecule has 1 aliphatic heterocycles. The quantitative estimate of drug-likeness (QED) is 0.666. The second-order valence-corrected chi connectivity index (χ2v) is 5.58. The fraction of sp³-hybridized carbons (Fsp3) is 0.462. The summed E-state index contributed by atoms with van der Waals surface area (Å²) in [6.07, 6.45) is 0. The summed E-state index contributed by atoms with van der Waals surface area (Å²) < 4.78 is 26.5. The van der Waals surface area contributed by atoms with E-state index in [0.717, 1.165) is 0 Å². The van der Waals surface area contributed by atoms with E-state index in [2.05, 4.69) is 5.32 Å². The Labute approximate surface area is 119 Å². The Morgan fingerprint density at radius 2 is 2.00 bits per heavy atom. The first-order valence-electron chi connectivity index (χ1n) is 6.39. The van der Waals surface area contributed by atoms with E-state index < -0.39 is 33.7 Å². The molecular formula is C13H15F2N3O3. The van der Waals surface area contributed by atoms with Crippen molar-refractivity contribution in [3.63, 3.8) is 0 Å². The van der Waals surface area contributed by atoms with Gasteiger partial charge in [0.1, 0.15) is 5.56 Å². The second-order valence-electron chi connectivity index (χ2n) is 5.58. The minimum Gasteiger partial charge on any atom is -0.335 e. The minimum atomic E-state index is -1.35. The molecule has 1 N–H and O–H groups in total. The Kier molecular flexibility index (Phi) is 3.91. The average molecular weight is 299 g/mol. The van der Waals surface area contributed by atoms with Gasteiger partial charge in [-0.05, 0) is 19.9 Å². The van der Waals surface area contributed by atoms with Crippen molar-refractivity contribution in [3.05, 3.63) is 39.4 Å². The number of benzene rings is 1. The fourth-order valence-electron chi connectivity index (χ4n) is 2.34. The highest BCUT2D eigenvalue weighted by molar-refractivity contribution is 5.98. The van der Waals surface area contributed by atoms with Crippen LogP contribution in [0.25, 0.3) is 0 Å². The van der Waals surface area contributed by atoms with Crippen molar-refractivity contribution in [3.8, 4) is 0 Å². The molecule has 0 bridgehead atoms. The van der Waals surface area contributed by atoms with Crippen LogP contribution < -0.4 is 5.32 Å². The Morgan fingerprint density at radius 1 is 1.38 bits per heavy atom. The minimum absolute atomic E-state index is 0.321. The molecule has 1 saturated heterocycles. The van der Waals surface area contributed by atoms with E-state index in [1.165, 1.54) is 4.90 Å². The van der Waals surface area contributed by atoms with Crippen LogP contribution >= 0.6 is 0 Å². The first-order chi connectivity index (χ1) is 9.71. The van der Waals surface area contributed by atoms with E-state index in [-0.39, 0.29) is 5.54 Å². The van der Waals surface area contributed by atoms with E-state index in [1.54, 1.807) is 0 Å². The molecule has 0 atom stereocenters. The van der Waals surface area contributed by atoms with E-state index in [0.29, 0.717) is 31.8 Å². The smallest absolute Gasteiger partial charge is 0.285 e. The van der Waals surface area contributed by atoms with Crippen molar-refractivity contribution in [2.45, 2.75) is 19.4 Å². The zero-order valence-electron chi connectivity index (χ0n) is 11.7.